The predicted octanol–water partition coefficient (Wildman–Crippen LogP) is 3.73. The number of halogens is 1. The lowest BCUT2D eigenvalue weighted by Crippen LogP contribution is -2.18. The molecule has 0 heterocycles. The molecule has 0 bridgehead atoms. The van der Waals surface area contributed by atoms with E-state index in [1.54, 1.807) is 36.4 Å². The molecule has 0 amide bonds. The monoisotopic (exact) mass is 440 g/mol. The van der Waals surface area contributed by atoms with Gasteiger partial charge < -0.3 is 9.47 Å². The number of hydrogen-bond acceptors (Lipinski definition) is 5. The van der Waals surface area contributed by atoms with E-state index in [9.17, 15) is 8.42 Å². The molecule has 2 aromatic rings. The van der Waals surface area contributed by atoms with E-state index in [0.29, 0.717) is 28.1 Å². The zero-order valence-corrected chi connectivity index (χ0v) is 17.2. The van der Waals surface area contributed by atoms with Crippen LogP contribution >= 0.6 is 15.9 Å². The Morgan fingerprint density at radius 1 is 1.19 bits per heavy atom. The second kappa shape index (κ2) is 9.05. The van der Waals surface area contributed by atoms with E-state index in [2.05, 4.69) is 25.9 Å². The number of nitrogens with zero attached hydrogens (tertiary/aromatic N) is 1. The fourth-order valence-electron chi connectivity index (χ4n) is 2.23. The van der Waals surface area contributed by atoms with Gasteiger partial charge in [0, 0.05) is 0 Å². The van der Waals surface area contributed by atoms with Crippen molar-refractivity contribution in [2.24, 2.45) is 5.10 Å². The SMILES string of the molecule is CCOc1c(Br)cc(/C=N/NS(=O)(=O)c2ccc(CC)cc2)cc1OC. The minimum atomic E-state index is -3.71. The lowest BCUT2D eigenvalue weighted by atomic mass is 10.2. The topological polar surface area (TPSA) is 77.0 Å². The normalized spacial score (nSPS) is 11.5. The molecule has 26 heavy (non-hydrogen) atoms. The highest BCUT2D eigenvalue weighted by Crippen LogP contribution is 2.36. The van der Waals surface area contributed by atoms with Crippen LogP contribution in [-0.2, 0) is 16.4 Å². The number of hydrogen-bond donors (Lipinski definition) is 1. The average molecular weight is 441 g/mol. The van der Waals surface area contributed by atoms with Gasteiger partial charge in [0.1, 0.15) is 0 Å². The molecule has 0 fully saturated rings. The lowest BCUT2D eigenvalue weighted by Gasteiger charge is -2.12. The first-order valence-corrected chi connectivity index (χ1v) is 10.3. The zero-order valence-electron chi connectivity index (χ0n) is 14.8. The Labute approximate surface area is 162 Å². The van der Waals surface area contributed by atoms with Gasteiger partial charge in [-0.1, -0.05) is 19.1 Å². The van der Waals surface area contributed by atoms with Crippen LogP contribution in [0, 0.1) is 0 Å². The number of nitrogens with one attached hydrogen (secondary N) is 1. The van der Waals surface area contributed by atoms with E-state index in [1.807, 2.05) is 13.8 Å². The molecule has 1 N–H and O–H groups in total. The summed E-state index contributed by atoms with van der Waals surface area (Å²) in [6.07, 6.45) is 2.25. The second-order valence-electron chi connectivity index (χ2n) is 5.32. The van der Waals surface area contributed by atoms with Crippen LogP contribution in [0.5, 0.6) is 11.5 Å². The Morgan fingerprint density at radius 2 is 1.88 bits per heavy atom. The Balaban J connectivity index is 2.17. The van der Waals surface area contributed by atoms with Crippen molar-refractivity contribution < 1.29 is 17.9 Å². The Hall–Kier alpha value is -2.06. The molecular formula is C18H21BrN2O4S. The molecule has 2 aromatic carbocycles. The first-order valence-electron chi connectivity index (χ1n) is 8.05. The number of aryl methyl sites for hydroxylation is 1. The van der Waals surface area contributed by atoms with Crippen molar-refractivity contribution in [2.75, 3.05) is 13.7 Å². The molecule has 0 aliphatic carbocycles. The minimum Gasteiger partial charge on any atom is -0.493 e. The molecule has 0 aromatic heterocycles. The van der Waals surface area contributed by atoms with Crippen LogP contribution in [0.25, 0.3) is 0 Å². The van der Waals surface area contributed by atoms with E-state index >= 15 is 0 Å². The largest absolute Gasteiger partial charge is 0.493 e. The average Bonchev–Trinajstić information content (AvgIpc) is 2.63. The van der Waals surface area contributed by atoms with Crippen molar-refractivity contribution in [3.05, 3.63) is 52.0 Å². The van der Waals surface area contributed by atoms with Gasteiger partial charge in [-0.25, -0.2) is 4.83 Å². The second-order valence-corrected chi connectivity index (χ2v) is 7.83. The number of hydrazone groups is 1. The smallest absolute Gasteiger partial charge is 0.276 e. The third kappa shape index (κ3) is 4.98. The van der Waals surface area contributed by atoms with Gasteiger partial charge in [0.05, 0.1) is 29.3 Å². The van der Waals surface area contributed by atoms with Crippen LogP contribution in [0.1, 0.15) is 25.0 Å². The highest BCUT2D eigenvalue weighted by atomic mass is 79.9. The number of rotatable bonds is 8. The van der Waals surface area contributed by atoms with E-state index < -0.39 is 10.0 Å². The van der Waals surface area contributed by atoms with Crippen LogP contribution in [0.2, 0.25) is 0 Å². The highest BCUT2D eigenvalue weighted by Gasteiger charge is 2.13. The maximum Gasteiger partial charge on any atom is 0.276 e. The maximum atomic E-state index is 12.3. The van der Waals surface area contributed by atoms with Crippen molar-refractivity contribution in [1.29, 1.82) is 0 Å². The van der Waals surface area contributed by atoms with Crippen molar-refractivity contribution in [3.63, 3.8) is 0 Å². The molecule has 0 saturated carbocycles. The molecule has 0 aliphatic rings. The Morgan fingerprint density at radius 3 is 2.46 bits per heavy atom. The number of ether oxygens (including phenoxy) is 2. The van der Waals surface area contributed by atoms with Crippen molar-refractivity contribution in [2.45, 2.75) is 25.2 Å². The molecular weight excluding hydrogens is 420 g/mol. The lowest BCUT2D eigenvalue weighted by molar-refractivity contribution is 0.309. The molecule has 140 valence electrons. The van der Waals surface area contributed by atoms with Gasteiger partial charge in [-0.2, -0.15) is 13.5 Å². The quantitative estimate of drug-likeness (QED) is 0.500. The van der Waals surface area contributed by atoms with Crippen LogP contribution in [0.15, 0.2) is 50.9 Å². The molecule has 2 rings (SSSR count). The molecule has 0 spiro atoms. The van der Waals surface area contributed by atoms with Gasteiger partial charge in [-0.05, 0) is 64.7 Å². The summed E-state index contributed by atoms with van der Waals surface area (Å²) in [4.78, 5) is 2.38. The number of methoxy groups -OCH3 is 1. The van der Waals surface area contributed by atoms with Crippen LogP contribution in [-0.4, -0.2) is 28.3 Å². The third-order valence-corrected chi connectivity index (χ3v) is 5.40. The summed E-state index contributed by atoms with van der Waals surface area (Å²) < 4.78 is 36.1. The first-order chi connectivity index (χ1) is 12.4. The number of benzene rings is 2. The molecule has 0 saturated heterocycles. The van der Waals surface area contributed by atoms with Gasteiger partial charge >= 0.3 is 0 Å². The summed E-state index contributed by atoms with van der Waals surface area (Å²) >= 11 is 3.42. The first kappa shape index (κ1) is 20.3. The van der Waals surface area contributed by atoms with Crippen molar-refractivity contribution in [1.82, 2.24) is 4.83 Å². The van der Waals surface area contributed by atoms with Crippen LogP contribution in [0.3, 0.4) is 0 Å². The molecule has 0 aliphatic heterocycles. The van der Waals surface area contributed by atoms with Gasteiger partial charge in [0.25, 0.3) is 10.0 Å². The van der Waals surface area contributed by atoms with Crippen molar-refractivity contribution >= 4 is 32.2 Å². The van der Waals surface area contributed by atoms with Gasteiger partial charge in [-0.15, -0.1) is 0 Å². The highest BCUT2D eigenvalue weighted by molar-refractivity contribution is 9.10. The molecule has 8 heteroatoms. The zero-order chi connectivity index (χ0) is 19.2. The van der Waals surface area contributed by atoms with Crippen molar-refractivity contribution in [3.8, 4) is 11.5 Å². The summed E-state index contributed by atoms with van der Waals surface area (Å²) in [7, 11) is -2.18. The molecule has 0 radical (unpaired) electrons. The predicted molar refractivity (Wildman–Crippen MR) is 106 cm³/mol. The van der Waals surface area contributed by atoms with Gasteiger partial charge in [0.2, 0.25) is 0 Å². The summed E-state index contributed by atoms with van der Waals surface area (Å²) in [5, 5.41) is 3.84. The van der Waals surface area contributed by atoms with E-state index in [4.69, 9.17) is 9.47 Å². The minimum absolute atomic E-state index is 0.164. The maximum absolute atomic E-state index is 12.3. The van der Waals surface area contributed by atoms with E-state index in [-0.39, 0.29) is 4.90 Å². The van der Waals surface area contributed by atoms with Crippen LogP contribution in [0.4, 0.5) is 0 Å². The van der Waals surface area contributed by atoms with Gasteiger partial charge in [0.15, 0.2) is 11.5 Å². The van der Waals surface area contributed by atoms with Crippen LogP contribution < -0.4 is 14.3 Å². The summed E-state index contributed by atoms with van der Waals surface area (Å²) in [5.41, 5.74) is 1.72. The summed E-state index contributed by atoms with van der Waals surface area (Å²) in [5.74, 6) is 1.12. The summed E-state index contributed by atoms with van der Waals surface area (Å²) in [6.45, 7) is 4.39. The fraction of sp³-hybridized carbons (Fsp3) is 0.278. The number of sulfonamides is 1. The fourth-order valence-corrected chi connectivity index (χ4v) is 3.59. The van der Waals surface area contributed by atoms with Gasteiger partial charge in [-0.3, -0.25) is 0 Å². The molecule has 0 unspecified atom stereocenters. The Kier molecular flexibility index (Phi) is 7.05. The Bertz CT molecular complexity index is 881. The van der Waals surface area contributed by atoms with E-state index in [0.717, 1.165) is 12.0 Å². The molecule has 6 nitrogen and oxygen atoms in total. The summed E-state index contributed by atoms with van der Waals surface area (Å²) in [6, 6.07) is 10.2. The molecule has 0 atom stereocenters. The third-order valence-electron chi connectivity index (χ3n) is 3.57. The van der Waals surface area contributed by atoms with E-state index in [1.165, 1.54) is 13.3 Å². The standard InChI is InChI=1S/C18H21BrN2O4S/c1-4-13-6-8-15(9-7-13)26(22,23)21-20-12-14-10-16(19)18(25-5-2)17(11-14)24-3/h6-12,21H,4-5H2,1-3H3/b20-12+.